The van der Waals surface area contributed by atoms with Crippen LogP contribution >= 0.6 is 0 Å². The molecule has 144 valence electrons. The quantitative estimate of drug-likeness (QED) is 0.666. The largest absolute Gasteiger partial charge is 0.511 e. The van der Waals surface area contributed by atoms with E-state index in [1.165, 1.54) is 6.20 Å². The molecule has 0 aliphatic heterocycles. The number of carbonyl (C=O) groups is 1. The number of pyridine rings is 2. The van der Waals surface area contributed by atoms with E-state index in [2.05, 4.69) is 4.98 Å². The van der Waals surface area contributed by atoms with Gasteiger partial charge in [0, 0.05) is 23.4 Å². The second-order valence-electron chi connectivity index (χ2n) is 6.80. The van der Waals surface area contributed by atoms with Gasteiger partial charge in [-0.05, 0) is 43.5 Å². The van der Waals surface area contributed by atoms with Gasteiger partial charge in [-0.15, -0.1) is 0 Å². The summed E-state index contributed by atoms with van der Waals surface area (Å²) in [4.78, 5) is 28.0. The van der Waals surface area contributed by atoms with Crippen molar-refractivity contribution in [2.24, 2.45) is 0 Å². The molecule has 1 aliphatic carbocycles. The molecule has 4 rings (SSSR count). The number of carboxylic acid groups (broad SMARTS) is 1. The highest BCUT2D eigenvalue weighted by atomic mass is 16.7. The first-order valence-corrected chi connectivity index (χ1v) is 8.79. The molecule has 8 heteroatoms. The molecule has 1 aliphatic rings. The van der Waals surface area contributed by atoms with Gasteiger partial charge in [0.05, 0.1) is 24.2 Å². The molecule has 2 heterocycles. The molecule has 0 atom stereocenters. The van der Waals surface area contributed by atoms with Gasteiger partial charge in [0.15, 0.2) is 11.5 Å². The molecule has 0 spiro atoms. The SMILES string of the molecule is COc1c(-c2cnc(N)c(C)c2)ccc2c(=O)c(OC(=O)O)cn(C3CC3)c12. The number of methoxy groups -OCH3 is 1. The average molecular weight is 381 g/mol. The number of benzene rings is 1. The molecule has 1 aromatic carbocycles. The normalized spacial score (nSPS) is 13.5. The number of hydrogen-bond acceptors (Lipinski definition) is 6. The zero-order valence-corrected chi connectivity index (χ0v) is 15.4. The first kappa shape index (κ1) is 17.8. The predicted molar refractivity (Wildman–Crippen MR) is 104 cm³/mol. The number of rotatable bonds is 4. The van der Waals surface area contributed by atoms with E-state index in [0.717, 1.165) is 29.5 Å². The van der Waals surface area contributed by atoms with E-state index < -0.39 is 11.6 Å². The second-order valence-corrected chi connectivity index (χ2v) is 6.80. The lowest BCUT2D eigenvalue weighted by Crippen LogP contribution is -2.16. The van der Waals surface area contributed by atoms with E-state index in [0.29, 0.717) is 22.5 Å². The zero-order chi connectivity index (χ0) is 20.0. The van der Waals surface area contributed by atoms with Crippen molar-refractivity contribution in [1.82, 2.24) is 9.55 Å². The molecule has 1 saturated carbocycles. The lowest BCUT2D eigenvalue weighted by Gasteiger charge is -2.18. The third-order valence-corrected chi connectivity index (χ3v) is 4.89. The maximum absolute atomic E-state index is 12.8. The summed E-state index contributed by atoms with van der Waals surface area (Å²) in [5.41, 5.74) is 8.36. The maximum Gasteiger partial charge on any atom is 0.511 e. The number of ether oxygens (including phenoxy) is 2. The molecule has 0 unspecified atom stereocenters. The van der Waals surface area contributed by atoms with Gasteiger partial charge >= 0.3 is 6.16 Å². The smallest absolute Gasteiger partial charge is 0.494 e. The molecule has 0 bridgehead atoms. The maximum atomic E-state index is 12.8. The summed E-state index contributed by atoms with van der Waals surface area (Å²) in [5.74, 6) is 0.759. The fraction of sp³-hybridized carbons (Fsp3) is 0.250. The van der Waals surface area contributed by atoms with Crippen molar-refractivity contribution >= 4 is 22.9 Å². The number of nitrogens with two attached hydrogens (primary N) is 1. The van der Waals surface area contributed by atoms with Crippen LogP contribution < -0.4 is 20.6 Å². The lowest BCUT2D eigenvalue weighted by atomic mass is 10.0. The van der Waals surface area contributed by atoms with Crippen LogP contribution in [0.4, 0.5) is 10.6 Å². The van der Waals surface area contributed by atoms with Gasteiger partial charge in [0.2, 0.25) is 5.43 Å². The van der Waals surface area contributed by atoms with Crippen molar-refractivity contribution in [3.63, 3.8) is 0 Å². The van der Waals surface area contributed by atoms with Gasteiger partial charge in [-0.3, -0.25) is 4.79 Å². The van der Waals surface area contributed by atoms with Gasteiger partial charge in [0.25, 0.3) is 0 Å². The lowest BCUT2D eigenvalue weighted by molar-refractivity contribution is 0.143. The standard InChI is InChI=1S/C20H19N3O5/c1-10-7-11(8-22-19(10)21)13-5-6-14-16(18(13)27-2)23(12-3-4-12)9-15(17(14)24)28-20(25)26/h5-9,12H,3-4H2,1-2H3,(H2,21,22)(H,25,26). The van der Waals surface area contributed by atoms with Crippen molar-refractivity contribution in [2.75, 3.05) is 12.8 Å². The Balaban J connectivity index is 2.03. The van der Waals surface area contributed by atoms with Crippen LogP contribution in [0.3, 0.4) is 0 Å². The molecule has 1 fully saturated rings. The van der Waals surface area contributed by atoms with Crippen molar-refractivity contribution in [2.45, 2.75) is 25.8 Å². The minimum atomic E-state index is -1.52. The number of aryl methyl sites for hydroxylation is 1. The molecule has 0 saturated heterocycles. The first-order valence-electron chi connectivity index (χ1n) is 8.79. The molecule has 3 N–H and O–H groups in total. The molecular formula is C20H19N3O5. The van der Waals surface area contributed by atoms with Crippen molar-refractivity contribution in [3.05, 3.63) is 46.4 Å². The average Bonchev–Trinajstić information content (AvgIpc) is 3.50. The number of fused-ring (bicyclic) bond motifs is 1. The Hall–Kier alpha value is -3.55. The van der Waals surface area contributed by atoms with Gasteiger partial charge in [-0.2, -0.15) is 0 Å². The third kappa shape index (κ3) is 2.92. The van der Waals surface area contributed by atoms with Crippen molar-refractivity contribution < 1.29 is 19.4 Å². The molecule has 28 heavy (non-hydrogen) atoms. The minimum Gasteiger partial charge on any atom is -0.494 e. The van der Waals surface area contributed by atoms with Crippen LogP contribution in [0, 0.1) is 6.92 Å². The summed E-state index contributed by atoms with van der Waals surface area (Å²) < 4.78 is 12.3. The number of anilines is 1. The van der Waals surface area contributed by atoms with Gasteiger partial charge < -0.3 is 24.9 Å². The molecule has 2 aromatic heterocycles. The Kier molecular flexibility index (Phi) is 4.18. The number of hydrogen-bond donors (Lipinski definition) is 2. The van der Waals surface area contributed by atoms with Crippen LogP contribution in [0.15, 0.2) is 35.4 Å². The van der Waals surface area contributed by atoms with Crippen molar-refractivity contribution in [3.8, 4) is 22.6 Å². The van der Waals surface area contributed by atoms with E-state index in [9.17, 15) is 9.59 Å². The number of nitrogen functional groups attached to an aromatic ring is 1. The van der Waals surface area contributed by atoms with Crippen LogP contribution in [0.1, 0.15) is 24.4 Å². The summed E-state index contributed by atoms with van der Waals surface area (Å²) in [6.45, 7) is 1.87. The minimum absolute atomic E-state index is 0.162. The fourth-order valence-corrected chi connectivity index (χ4v) is 3.37. The fourth-order valence-electron chi connectivity index (χ4n) is 3.37. The molecular weight excluding hydrogens is 362 g/mol. The Morgan fingerprint density at radius 1 is 1.36 bits per heavy atom. The molecule has 0 amide bonds. The van der Waals surface area contributed by atoms with E-state index in [4.69, 9.17) is 20.3 Å². The van der Waals surface area contributed by atoms with Crippen LogP contribution in [0.25, 0.3) is 22.0 Å². The third-order valence-electron chi connectivity index (χ3n) is 4.89. The molecule has 3 aromatic rings. The first-order chi connectivity index (χ1) is 13.4. The van der Waals surface area contributed by atoms with Crippen LogP contribution in [-0.2, 0) is 0 Å². The highest BCUT2D eigenvalue weighted by Gasteiger charge is 2.28. The molecule has 8 nitrogen and oxygen atoms in total. The van der Waals surface area contributed by atoms with Crippen LogP contribution in [0.5, 0.6) is 11.5 Å². The van der Waals surface area contributed by atoms with Gasteiger partial charge in [-0.1, -0.05) is 0 Å². The zero-order valence-electron chi connectivity index (χ0n) is 15.4. The van der Waals surface area contributed by atoms with Gasteiger partial charge in [0.1, 0.15) is 5.82 Å². The summed E-state index contributed by atoms with van der Waals surface area (Å²) >= 11 is 0. The molecule has 0 radical (unpaired) electrons. The van der Waals surface area contributed by atoms with Crippen molar-refractivity contribution in [1.29, 1.82) is 0 Å². The highest BCUT2D eigenvalue weighted by Crippen LogP contribution is 2.43. The van der Waals surface area contributed by atoms with Gasteiger partial charge in [-0.25, -0.2) is 9.78 Å². The predicted octanol–water partition coefficient (Wildman–Crippen LogP) is 3.35. The second kappa shape index (κ2) is 6.56. The van der Waals surface area contributed by atoms with E-state index >= 15 is 0 Å². The summed E-state index contributed by atoms with van der Waals surface area (Å²) in [6, 6.07) is 5.49. The number of nitrogens with zero attached hydrogens (tertiary/aromatic N) is 2. The summed E-state index contributed by atoms with van der Waals surface area (Å²) in [7, 11) is 1.54. The Labute approximate surface area is 160 Å². The Morgan fingerprint density at radius 3 is 2.71 bits per heavy atom. The van der Waals surface area contributed by atoms with E-state index in [-0.39, 0.29) is 11.8 Å². The Morgan fingerprint density at radius 2 is 2.11 bits per heavy atom. The Bertz CT molecular complexity index is 1160. The number of aromatic nitrogens is 2. The van der Waals surface area contributed by atoms with E-state index in [1.807, 2.05) is 17.6 Å². The summed E-state index contributed by atoms with van der Waals surface area (Å²) in [5, 5.41) is 9.28. The van der Waals surface area contributed by atoms with E-state index in [1.54, 1.807) is 25.4 Å². The van der Waals surface area contributed by atoms with Crippen LogP contribution in [-0.4, -0.2) is 27.9 Å². The van der Waals surface area contributed by atoms with Crippen LogP contribution in [0.2, 0.25) is 0 Å². The summed E-state index contributed by atoms with van der Waals surface area (Å²) in [6.07, 6.45) is 3.45. The monoisotopic (exact) mass is 381 g/mol. The topological polar surface area (TPSA) is 117 Å². The highest BCUT2D eigenvalue weighted by molar-refractivity contribution is 5.93.